The molecule has 4 aliphatic carbocycles. The predicted molar refractivity (Wildman–Crippen MR) is 124 cm³/mol. The highest BCUT2D eigenvalue weighted by Crippen LogP contribution is 2.68. The van der Waals surface area contributed by atoms with Gasteiger partial charge in [0.2, 0.25) is 0 Å². The molecule has 4 fully saturated rings. The molecule has 0 aromatic carbocycles. The fraction of sp³-hybridized carbons (Fsp3) is 0.926. The zero-order chi connectivity index (χ0) is 24.1. The average molecular weight is 462 g/mol. The molecule has 0 aromatic heterocycles. The molecular formula is C27H43NO5. The Bertz CT molecular complexity index is 781. The number of carbonyl (C=O) groups is 1. The summed E-state index contributed by atoms with van der Waals surface area (Å²) in [5, 5.41) is 42.1. The number of nitrogens with zero attached hydrogens (tertiary/aromatic N) is 1. The van der Waals surface area contributed by atoms with E-state index in [-0.39, 0.29) is 53.2 Å². The molecule has 0 spiro atoms. The number of carbonyl (C=O) groups excluding carboxylic acids is 1. The molecule has 12 atom stereocenters. The van der Waals surface area contributed by atoms with E-state index in [0.717, 1.165) is 44.9 Å². The van der Waals surface area contributed by atoms with Crippen LogP contribution in [0.25, 0.3) is 0 Å². The van der Waals surface area contributed by atoms with Gasteiger partial charge >= 0.3 is 5.97 Å². The highest BCUT2D eigenvalue weighted by Gasteiger charge is 2.65. The van der Waals surface area contributed by atoms with E-state index < -0.39 is 12.2 Å². The minimum atomic E-state index is -0.725. The van der Waals surface area contributed by atoms with Crippen molar-refractivity contribution in [3.05, 3.63) is 0 Å². The first-order valence-electron chi connectivity index (χ1n) is 13.2. The second-order valence-corrected chi connectivity index (χ2v) is 12.3. The third-order valence-electron chi connectivity index (χ3n) is 10.8. The predicted octanol–water partition coefficient (Wildman–Crippen LogP) is 3.82. The zero-order valence-corrected chi connectivity index (χ0v) is 20.7. The van der Waals surface area contributed by atoms with Crippen LogP contribution in [-0.2, 0) is 9.53 Å². The minimum absolute atomic E-state index is 0.0797. The van der Waals surface area contributed by atoms with Crippen LogP contribution in [0.4, 0.5) is 0 Å². The van der Waals surface area contributed by atoms with E-state index in [2.05, 4.69) is 20.8 Å². The van der Waals surface area contributed by atoms with E-state index in [0.29, 0.717) is 24.2 Å². The van der Waals surface area contributed by atoms with Gasteiger partial charge in [-0.25, -0.2) is 0 Å². The third-order valence-corrected chi connectivity index (χ3v) is 10.8. The van der Waals surface area contributed by atoms with Crippen molar-refractivity contribution in [3.63, 3.8) is 0 Å². The van der Waals surface area contributed by atoms with Crippen LogP contribution in [0.3, 0.4) is 0 Å². The molecule has 4 saturated carbocycles. The second kappa shape index (κ2) is 9.13. The third kappa shape index (κ3) is 4.13. The first-order valence-corrected chi connectivity index (χ1v) is 13.2. The van der Waals surface area contributed by atoms with Crippen LogP contribution < -0.4 is 0 Å². The number of fused-ring (bicyclic) bond motifs is 5. The van der Waals surface area contributed by atoms with Gasteiger partial charge in [0.05, 0.1) is 18.3 Å². The van der Waals surface area contributed by atoms with Crippen molar-refractivity contribution < 1.29 is 24.9 Å². The fourth-order valence-corrected chi connectivity index (χ4v) is 8.96. The Morgan fingerprint density at radius 3 is 2.52 bits per heavy atom. The molecule has 0 saturated heterocycles. The standard InChI is InChI=1S/C27H43NO5/c1-15(5-8-24(32)33-16(2)14-28)19-6-7-20-25-21(13-23(31)27(19,20)4)26(3)10-9-18(29)11-17(26)12-22(25)30/h15-23,25,29-31H,5-13H2,1-4H3. The lowest BCUT2D eigenvalue weighted by atomic mass is 9.43. The van der Waals surface area contributed by atoms with Crippen LogP contribution in [0, 0.1) is 57.7 Å². The lowest BCUT2D eigenvalue weighted by Gasteiger charge is -2.63. The maximum atomic E-state index is 12.1. The Morgan fingerprint density at radius 2 is 1.82 bits per heavy atom. The molecule has 3 N–H and O–H groups in total. The van der Waals surface area contributed by atoms with Gasteiger partial charge in [-0.2, -0.15) is 5.26 Å². The number of esters is 1. The quantitative estimate of drug-likeness (QED) is 0.537. The van der Waals surface area contributed by atoms with Gasteiger partial charge in [0.25, 0.3) is 0 Å². The Kier molecular flexibility index (Phi) is 6.90. The summed E-state index contributed by atoms with van der Waals surface area (Å²) in [7, 11) is 0. The number of rotatable bonds is 5. The summed E-state index contributed by atoms with van der Waals surface area (Å²) >= 11 is 0. The summed E-state index contributed by atoms with van der Waals surface area (Å²) in [4.78, 5) is 12.1. The molecule has 6 heteroatoms. The molecule has 4 aliphatic rings. The number of aliphatic hydroxyl groups is 3. The molecule has 0 bridgehead atoms. The van der Waals surface area contributed by atoms with Gasteiger partial charge in [0.1, 0.15) is 6.07 Å². The van der Waals surface area contributed by atoms with Gasteiger partial charge in [-0.1, -0.05) is 20.8 Å². The van der Waals surface area contributed by atoms with Gasteiger partial charge in [0.15, 0.2) is 6.10 Å². The molecule has 0 radical (unpaired) electrons. The summed E-state index contributed by atoms with van der Waals surface area (Å²) in [5.41, 5.74) is -0.181. The van der Waals surface area contributed by atoms with Crippen molar-refractivity contribution in [2.75, 3.05) is 0 Å². The van der Waals surface area contributed by atoms with Gasteiger partial charge in [-0.05, 0) is 105 Å². The molecule has 0 amide bonds. The van der Waals surface area contributed by atoms with E-state index in [1.165, 1.54) is 0 Å². The number of hydrogen-bond donors (Lipinski definition) is 3. The Balaban J connectivity index is 1.50. The van der Waals surface area contributed by atoms with E-state index in [1.807, 2.05) is 6.07 Å². The molecule has 12 unspecified atom stereocenters. The summed E-state index contributed by atoms with van der Waals surface area (Å²) in [5.74, 6) is 1.32. The Morgan fingerprint density at radius 1 is 1.09 bits per heavy atom. The van der Waals surface area contributed by atoms with Crippen LogP contribution in [0.15, 0.2) is 0 Å². The van der Waals surface area contributed by atoms with Crippen LogP contribution in [-0.4, -0.2) is 45.7 Å². The molecule has 0 aromatic rings. The van der Waals surface area contributed by atoms with E-state index in [4.69, 9.17) is 10.00 Å². The van der Waals surface area contributed by atoms with Crippen molar-refractivity contribution in [2.45, 2.75) is 110 Å². The van der Waals surface area contributed by atoms with Crippen molar-refractivity contribution in [2.24, 2.45) is 46.3 Å². The molecule has 0 heterocycles. The number of nitriles is 1. The van der Waals surface area contributed by atoms with E-state index in [9.17, 15) is 20.1 Å². The van der Waals surface area contributed by atoms with Gasteiger partial charge in [0, 0.05) is 6.42 Å². The molecular weight excluding hydrogens is 418 g/mol. The van der Waals surface area contributed by atoms with Crippen LogP contribution in [0.5, 0.6) is 0 Å². The maximum absolute atomic E-state index is 12.1. The lowest BCUT2D eigenvalue weighted by molar-refractivity contribution is -0.207. The molecule has 33 heavy (non-hydrogen) atoms. The van der Waals surface area contributed by atoms with Gasteiger partial charge < -0.3 is 20.1 Å². The van der Waals surface area contributed by atoms with Crippen LogP contribution in [0.1, 0.15) is 85.5 Å². The fourth-order valence-electron chi connectivity index (χ4n) is 8.96. The van der Waals surface area contributed by atoms with Gasteiger partial charge in [-0.15, -0.1) is 0 Å². The number of ether oxygens (including phenoxy) is 1. The average Bonchev–Trinajstić information content (AvgIpc) is 3.12. The van der Waals surface area contributed by atoms with Crippen molar-refractivity contribution >= 4 is 5.97 Å². The molecule has 186 valence electrons. The maximum Gasteiger partial charge on any atom is 0.307 e. The number of hydrogen-bond acceptors (Lipinski definition) is 6. The summed E-state index contributed by atoms with van der Waals surface area (Å²) in [6.45, 7) is 8.33. The monoisotopic (exact) mass is 461 g/mol. The Labute approximate surface area is 198 Å². The molecule has 0 aliphatic heterocycles. The largest absolute Gasteiger partial charge is 0.447 e. The van der Waals surface area contributed by atoms with Crippen LogP contribution in [0.2, 0.25) is 0 Å². The summed E-state index contributed by atoms with van der Waals surface area (Å²) < 4.78 is 5.12. The zero-order valence-electron chi connectivity index (χ0n) is 20.7. The van der Waals surface area contributed by atoms with Crippen LogP contribution >= 0.6 is 0 Å². The van der Waals surface area contributed by atoms with Crippen molar-refractivity contribution in [1.29, 1.82) is 5.26 Å². The summed E-state index contributed by atoms with van der Waals surface area (Å²) in [6, 6.07) is 1.93. The SMILES string of the molecule is CC(C#N)OC(=O)CCC(C)C1CCC2C3C(O)CC4CC(O)CCC4(C)C3CC(O)C12C. The summed E-state index contributed by atoms with van der Waals surface area (Å²) in [6.07, 6.45) is 5.29. The van der Waals surface area contributed by atoms with E-state index >= 15 is 0 Å². The highest BCUT2D eigenvalue weighted by atomic mass is 16.5. The highest BCUT2D eigenvalue weighted by molar-refractivity contribution is 5.69. The smallest absolute Gasteiger partial charge is 0.307 e. The van der Waals surface area contributed by atoms with Gasteiger partial charge in [-0.3, -0.25) is 4.79 Å². The van der Waals surface area contributed by atoms with Crippen molar-refractivity contribution in [1.82, 2.24) is 0 Å². The van der Waals surface area contributed by atoms with E-state index in [1.54, 1.807) is 6.92 Å². The van der Waals surface area contributed by atoms with Crippen molar-refractivity contribution in [3.8, 4) is 6.07 Å². The normalized spacial score (nSPS) is 48.5. The number of aliphatic hydroxyl groups excluding tert-OH is 3. The molecule has 6 nitrogen and oxygen atoms in total. The topological polar surface area (TPSA) is 111 Å². The Hall–Kier alpha value is -1.16. The first kappa shape index (κ1) is 24.9. The lowest BCUT2D eigenvalue weighted by Crippen LogP contribution is -2.62. The first-order chi connectivity index (χ1) is 15.5. The minimum Gasteiger partial charge on any atom is -0.447 e. The second-order valence-electron chi connectivity index (χ2n) is 12.3. The molecule has 4 rings (SSSR count).